The molecular formula is C12H19NO5. The Labute approximate surface area is 106 Å². The topological polar surface area (TPSA) is 65.1 Å². The first-order valence-corrected chi connectivity index (χ1v) is 6.21. The third-order valence-corrected chi connectivity index (χ3v) is 3.43. The van der Waals surface area contributed by atoms with Gasteiger partial charge in [-0.05, 0) is 13.3 Å². The lowest BCUT2D eigenvalue weighted by molar-refractivity contribution is -0.162. The molecule has 1 amide bonds. The largest absolute Gasteiger partial charge is 0.467 e. The average molecular weight is 257 g/mol. The van der Waals surface area contributed by atoms with E-state index in [0.29, 0.717) is 26.2 Å². The van der Waals surface area contributed by atoms with Gasteiger partial charge in [0.05, 0.1) is 39.0 Å². The van der Waals surface area contributed by atoms with Crippen LogP contribution < -0.4 is 0 Å². The Morgan fingerprint density at radius 3 is 2.72 bits per heavy atom. The van der Waals surface area contributed by atoms with Crippen LogP contribution in [0.2, 0.25) is 0 Å². The van der Waals surface area contributed by atoms with Crippen molar-refractivity contribution in [2.24, 2.45) is 5.92 Å². The molecule has 6 heteroatoms. The molecule has 0 saturated carbocycles. The Kier molecular flexibility index (Phi) is 4.19. The Morgan fingerprint density at radius 1 is 1.33 bits per heavy atom. The lowest BCUT2D eigenvalue weighted by Crippen LogP contribution is -2.54. The number of carbonyl (C=O) groups excluding carboxylic acids is 2. The highest BCUT2D eigenvalue weighted by Crippen LogP contribution is 2.23. The van der Waals surface area contributed by atoms with Crippen LogP contribution in [-0.2, 0) is 23.8 Å². The molecule has 2 saturated heterocycles. The van der Waals surface area contributed by atoms with E-state index in [2.05, 4.69) is 0 Å². The SMILES string of the molecule is COC(=O)C1COCCN1C(=O)C1COC(C)C1. The summed E-state index contributed by atoms with van der Waals surface area (Å²) in [4.78, 5) is 25.6. The second kappa shape index (κ2) is 5.67. The summed E-state index contributed by atoms with van der Waals surface area (Å²) < 4.78 is 15.4. The van der Waals surface area contributed by atoms with E-state index >= 15 is 0 Å². The van der Waals surface area contributed by atoms with Gasteiger partial charge in [0.2, 0.25) is 5.91 Å². The second-order valence-corrected chi connectivity index (χ2v) is 4.72. The van der Waals surface area contributed by atoms with Crippen molar-refractivity contribution >= 4 is 11.9 Å². The summed E-state index contributed by atoms with van der Waals surface area (Å²) in [5, 5.41) is 0. The van der Waals surface area contributed by atoms with Gasteiger partial charge in [-0.15, -0.1) is 0 Å². The number of morpholine rings is 1. The minimum absolute atomic E-state index is 0.0296. The van der Waals surface area contributed by atoms with Crippen LogP contribution in [0.5, 0.6) is 0 Å². The molecule has 3 atom stereocenters. The number of nitrogens with zero attached hydrogens (tertiary/aromatic N) is 1. The fourth-order valence-corrected chi connectivity index (χ4v) is 2.42. The van der Waals surface area contributed by atoms with E-state index in [9.17, 15) is 9.59 Å². The summed E-state index contributed by atoms with van der Waals surface area (Å²) in [5.41, 5.74) is 0. The van der Waals surface area contributed by atoms with Crippen LogP contribution in [-0.4, -0.2) is 62.4 Å². The number of amides is 1. The summed E-state index contributed by atoms with van der Waals surface area (Å²) >= 11 is 0. The van der Waals surface area contributed by atoms with E-state index in [1.807, 2.05) is 6.92 Å². The molecule has 102 valence electrons. The van der Waals surface area contributed by atoms with Crippen LogP contribution in [0.15, 0.2) is 0 Å². The molecule has 0 aromatic rings. The Bertz CT molecular complexity index is 332. The molecule has 0 aromatic carbocycles. The first kappa shape index (κ1) is 13.3. The van der Waals surface area contributed by atoms with Gasteiger partial charge in [0.1, 0.15) is 0 Å². The lowest BCUT2D eigenvalue weighted by Gasteiger charge is -2.35. The van der Waals surface area contributed by atoms with Gasteiger partial charge in [-0.2, -0.15) is 0 Å². The van der Waals surface area contributed by atoms with Crippen molar-refractivity contribution in [2.75, 3.05) is 33.5 Å². The molecule has 2 rings (SSSR count). The molecule has 0 radical (unpaired) electrons. The van der Waals surface area contributed by atoms with Crippen molar-refractivity contribution in [2.45, 2.75) is 25.5 Å². The molecule has 2 heterocycles. The standard InChI is InChI=1S/C12H19NO5/c1-8-5-9(6-18-8)11(14)13-3-4-17-7-10(13)12(15)16-2/h8-10H,3-7H2,1-2H3. The highest BCUT2D eigenvalue weighted by atomic mass is 16.5. The first-order chi connectivity index (χ1) is 8.63. The van der Waals surface area contributed by atoms with Crippen LogP contribution in [0.4, 0.5) is 0 Å². The number of ether oxygens (including phenoxy) is 3. The molecular weight excluding hydrogens is 238 g/mol. The van der Waals surface area contributed by atoms with E-state index in [1.165, 1.54) is 7.11 Å². The number of esters is 1. The summed E-state index contributed by atoms with van der Waals surface area (Å²) in [6.07, 6.45) is 0.820. The van der Waals surface area contributed by atoms with Crippen molar-refractivity contribution in [1.29, 1.82) is 0 Å². The molecule has 0 aromatic heterocycles. The van der Waals surface area contributed by atoms with Gasteiger partial charge in [0, 0.05) is 6.54 Å². The number of carbonyl (C=O) groups is 2. The van der Waals surface area contributed by atoms with Gasteiger partial charge in [0.15, 0.2) is 6.04 Å². The van der Waals surface area contributed by atoms with Gasteiger partial charge in [0.25, 0.3) is 0 Å². The van der Waals surface area contributed by atoms with E-state index in [4.69, 9.17) is 14.2 Å². The maximum Gasteiger partial charge on any atom is 0.331 e. The fourth-order valence-electron chi connectivity index (χ4n) is 2.42. The van der Waals surface area contributed by atoms with Crippen molar-refractivity contribution in [3.8, 4) is 0 Å². The quantitative estimate of drug-likeness (QED) is 0.642. The predicted octanol–water partition coefficient (Wildman–Crippen LogP) is -0.188. The van der Waals surface area contributed by atoms with E-state index < -0.39 is 12.0 Å². The number of hydrogen-bond acceptors (Lipinski definition) is 5. The zero-order chi connectivity index (χ0) is 13.1. The molecule has 0 aliphatic carbocycles. The zero-order valence-corrected chi connectivity index (χ0v) is 10.8. The van der Waals surface area contributed by atoms with E-state index in [1.54, 1.807) is 4.90 Å². The fraction of sp³-hybridized carbons (Fsp3) is 0.833. The van der Waals surface area contributed by atoms with Crippen LogP contribution in [0.1, 0.15) is 13.3 Å². The smallest absolute Gasteiger partial charge is 0.331 e. The van der Waals surface area contributed by atoms with Gasteiger partial charge in [-0.1, -0.05) is 0 Å². The molecule has 0 N–H and O–H groups in total. The maximum absolute atomic E-state index is 12.4. The first-order valence-electron chi connectivity index (χ1n) is 6.21. The highest BCUT2D eigenvalue weighted by Gasteiger charge is 2.39. The normalized spacial score (nSPS) is 32.3. The third kappa shape index (κ3) is 2.64. The molecule has 0 bridgehead atoms. The summed E-state index contributed by atoms with van der Waals surface area (Å²) in [7, 11) is 1.32. The molecule has 0 spiro atoms. The van der Waals surface area contributed by atoms with Crippen LogP contribution in [0, 0.1) is 5.92 Å². The maximum atomic E-state index is 12.4. The number of rotatable bonds is 2. The molecule has 18 heavy (non-hydrogen) atoms. The van der Waals surface area contributed by atoms with Gasteiger partial charge in [-0.3, -0.25) is 4.79 Å². The van der Waals surface area contributed by atoms with Crippen molar-refractivity contribution < 1.29 is 23.8 Å². The van der Waals surface area contributed by atoms with Gasteiger partial charge >= 0.3 is 5.97 Å². The molecule has 3 unspecified atom stereocenters. The van der Waals surface area contributed by atoms with Crippen LogP contribution in [0.3, 0.4) is 0 Å². The Morgan fingerprint density at radius 2 is 2.11 bits per heavy atom. The van der Waals surface area contributed by atoms with Crippen LogP contribution >= 0.6 is 0 Å². The van der Waals surface area contributed by atoms with Gasteiger partial charge < -0.3 is 19.1 Å². The second-order valence-electron chi connectivity index (χ2n) is 4.72. The minimum atomic E-state index is -0.618. The van der Waals surface area contributed by atoms with Crippen molar-refractivity contribution in [3.05, 3.63) is 0 Å². The molecule has 2 aliphatic rings. The monoisotopic (exact) mass is 257 g/mol. The minimum Gasteiger partial charge on any atom is -0.467 e. The number of methoxy groups -OCH3 is 1. The number of hydrogen-bond donors (Lipinski definition) is 0. The Balaban J connectivity index is 2.04. The summed E-state index contributed by atoms with van der Waals surface area (Å²) in [6, 6.07) is -0.618. The summed E-state index contributed by atoms with van der Waals surface area (Å²) in [5.74, 6) is -0.599. The van der Waals surface area contributed by atoms with Crippen molar-refractivity contribution in [3.63, 3.8) is 0 Å². The summed E-state index contributed by atoms with van der Waals surface area (Å²) in [6.45, 7) is 3.49. The molecule has 2 aliphatic heterocycles. The average Bonchev–Trinajstić information content (AvgIpc) is 2.83. The Hall–Kier alpha value is -1.14. The molecule has 2 fully saturated rings. The van der Waals surface area contributed by atoms with E-state index in [0.717, 1.165) is 0 Å². The van der Waals surface area contributed by atoms with Gasteiger partial charge in [-0.25, -0.2) is 4.79 Å². The zero-order valence-electron chi connectivity index (χ0n) is 10.8. The third-order valence-electron chi connectivity index (χ3n) is 3.43. The highest BCUT2D eigenvalue weighted by molar-refractivity contribution is 5.86. The van der Waals surface area contributed by atoms with Crippen LogP contribution in [0.25, 0.3) is 0 Å². The predicted molar refractivity (Wildman–Crippen MR) is 61.9 cm³/mol. The van der Waals surface area contributed by atoms with E-state index in [-0.39, 0.29) is 24.5 Å². The van der Waals surface area contributed by atoms with Crippen molar-refractivity contribution in [1.82, 2.24) is 4.90 Å². The molecule has 6 nitrogen and oxygen atoms in total. The lowest BCUT2D eigenvalue weighted by atomic mass is 10.0.